The fourth-order valence-corrected chi connectivity index (χ4v) is 4.30. The van der Waals surface area contributed by atoms with Gasteiger partial charge in [-0.2, -0.15) is 5.26 Å². The van der Waals surface area contributed by atoms with Crippen LogP contribution in [-0.2, 0) is 14.6 Å². The van der Waals surface area contributed by atoms with Crippen molar-refractivity contribution in [3.05, 3.63) is 17.8 Å². The third kappa shape index (κ3) is 5.33. The Hall–Kier alpha value is -1.85. The maximum atomic E-state index is 11.6. The molecule has 0 amide bonds. The third-order valence-electron chi connectivity index (χ3n) is 5.27. The summed E-state index contributed by atoms with van der Waals surface area (Å²) in [6, 6.07) is 3.20. The van der Waals surface area contributed by atoms with Gasteiger partial charge in [0.1, 0.15) is 5.75 Å². The van der Waals surface area contributed by atoms with Crippen molar-refractivity contribution in [1.29, 1.82) is 5.26 Å². The van der Waals surface area contributed by atoms with Crippen LogP contribution >= 0.6 is 0 Å². The number of ether oxygens (including phenoxy) is 2. The summed E-state index contributed by atoms with van der Waals surface area (Å²) >= 11 is 0. The highest BCUT2D eigenvalue weighted by Crippen LogP contribution is 2.29. The third-order valence-corrected chi connectivity index (χ3v) is 6.26. The van der Waals surface area contributed by atoms with Crippen molar-refractivity contribution in [2.75, 3.05) is 19.3 Å². The Morgan fingerprint density at radius 3 is 2.22 bits per heavy atom. The quantitative estimate of drug-likeness (QED) is 0.709. The van der Waals surface area contributed by atoms with Crippen LogP contribution in [0.4, 0.5) is 0 Å². The van der Waals surface area contributed by atoms with E-state index in [0.717, 1.165) is 57.9 Å². The molecule has 1 aromatic heterocycles. The standard InChI is InChI=1S/C19H27N3O4S/c1-14-18(7-8-19(21-14)27(2,23)24)26-16-5-3-15(4-6-16)25-17-9-11-22(13-20)12-10-17/h7-8,15-17H,3-6,9-12H2,1-2H3. The average Bonchev–Trinajstić information content (AvgIpc) is 2.65. The molecule has 8 heteroatoms. The lowest BCUT2D eigenvalue weighted by Crippen LogP contribution is -2.37. The number of piperidine rings is 1. The van der Waals surface area contributed by atoms with Crippen molar-refractivity contribution >= 4 is 9.84 Å². The van der Waals surface area contributed by atoms with E-state index in [1.165, 1.54) is 6.07 Å². The Morgan fingerprint density at radius 2 is 1.67 bits per heavy atom. The first kappa shape index (κ1) is 19.9. The van der Waals surface area contributed by atoms with E-state index in [2.05, 4.69) is 11.2 Å². The van der Waals surface area contributed by atoms with Gasteiger partial charge in [0.05, 0.1) is 24.0 Å². The highest BCUT2D eigenvalue weighted by molar-refractivity contribution is 7.90. The normalized spacial score (nSPS) is 24.4. The molecular weight excluding hydrogens is 366 g/mol. The van der Waals surface area contributed by atoms with Crippen LogP contribution in [0.5, 0.6) is 5.75 Å². The van der Waals surface area contributed by atoms with Crippen LogP contribution in [0.25, 0.3) is 0 Å². The molecule has 2 aliphatic rings. The minimum Gasteiger partial charge on any atom is -0.489 e. The summed E-state index contributed by atoms with van der Waals surface area (Å²) < 4.78 is 35.5. The molecule has 1 aliphatic carbocycles. The van der Waals surface area contributed by atoms with Gasteiger partial charge in [0.15, 0.2) is 21.1 Å². The number of likely N-dealkylation sites (tertiary alicyclic amines) is 1. The molecule has 0 spiro atoms. The summed E-state index contributed by atoms with van der Waals surface area (Å²) in [4.78, 5) is 5.94. The molecule has 0 bridgehead atoms. The number of rotatable bonds is 5. The molecule has 1 saturated carbocycles. The lowest BCUT2D eigenvalue weighted by atomic mass is 9.94. The molecule has 0 atom stereocenters. The molecule has 0 N–H and O–H groups in total. The fourth-order valence-electron chi connectivity index (χ4n) is 3.69. The second kappa shape index (κ2) is 8.44. The Morgan fingerprint density at radius 1 is 1.07 bits per heavy atom. The van der Waals surface area contributed by atoms with Crippen LogP contribution in [0.3, 0.4) is 0 Å². The van der Waals surface area contributed by atoms with Gasteiger partial charge in [-0.15, -0.1) is 0 Å². The van der Waals surface area contributed by atoms with E-state index in [4.69, 9.17) is 14.7 Å². The van der Waals surface area contributed by atoms with Gasteiger partial charge >= 0.3 is 0 Å². The predicted octanol–water partition coefficient (Wildman–Crippen LogP) is 2.45. The van der Waals surface area contributed by atoms with Gasteiger partial charge < -0.3 is 14.4 Å². The molecule has 1 aliphatic heterocycles. The number of pyridine rings is 1. The molecule has 3 rings (SSSR count). The van der Waals surface area contributed by atoms with Crippen molar-refractivity contribution in [3.63, 3.8) is 0 Å². The summed E-state index contributed by atoms with van der Waals surface area (Å²) in [6.45, 7) is 3.34. The van der Waals surface area contributed by atoms with Crippen molar-refractivity contribution in [2.24, 2.45) is 0 Å². The Labute approximate surface area is 161 Å². The second-order valence-corrected chi connectivity index (χ2v) is 9.41. The molecule has 1 saturated heterocycles. The SMILES string of the molecule is Cc1nc(S(C)(=O)=O)ccc1OC1CCC(OC2CCN(C#N)CC2)CC1. The van der Waals surface area contributed by atoms with Gasteiger partial charge in [0, 0.05) is 19.3 Å². The Balaban J connectivity index is 1.47. The van der Waals surface area contributed by atoms with E-state index >= 15 is 0 Å². The molecule has 1 aromatic rings. The predicted molar refractivity (Wildman–Crippen MR) is 100 cm³/mol. The summed E-state index contributed by atoms with van der Waals surface area (Å²) in [7, 11) is -3.31. The zero-order valence-electron chi connectivity index (χ0n) is 15.9. The zero-order valence-corrected chi connectivity index (χ0v) is 16.7. The van der Waals surface area contributed by atoms with Gasteiger partial charge in [-0.3, -0.25) is 0 Å². The monoisotopic (exact) mass is 393 g/mol. The molecule has 27 heavy (non-hydrogen) atoms. The number of aromatic nitrogens is 1. The van der Waals surface area contributed by atoms with Crippen LogP contribution in [0, 0.1) is 18.4 Å². The minimum absolute atomic E-state index is 0.0758. The van der Waals surface area contributed by atoms with Gasteiger partial charge in [-0.1, -0.05) is 0 Å². The summed E-state index contributed by atoms with van der Waals surface area (Å²) in [6.07, 6.45) is 9.54. The molecular formula is C19H27N3O4S. The number of hydrogen-bond acceptors (Lipinski definition) is 7. The van der Waals surface area contributed by atoms with E-state index in [-0.39, 0.29) is 23.3 Å². The Bertz CT molecular complexity index is 790. The smallest absolute Gasteiger partial charge is 0.192 e. The molecule has 2 fully saturated rings. The highest BCUT2D eigenvalue weighted by Gasteiger charge is 2.27. The molecule has 0 unspecified atom stereocenters. The molecule has 0 radical (unpaired) electrons. The van der Waals surface area contributed by atoms with E-state index < -0.39 is 9.84 Å². The van der Waals surface area contributed by atoms with E-state index in [9.17, 15) is 8.42 Å². The Kier molecular flexibility index (Phi) is 6.22. The molecule has 2 heterocycles. The van der Waals surface area contributed by atoms with Crippen LogP contribution in [0.2, 0.25) is 0 Å². The topological polar surface area (TPSA) is 92.5 Å². The van der Waals surface area contributed by atoms with Crippen LogP contribution < -0.4 is 4.74 Å². The number of hydrogen-bond donors (Lipinski definition) is 0. The van der Waals surface area contributed by atoms with Crippen molar-refractivity contribution in [2.45, 2.75) is 68.8 Å². The first-order valence-electron chi connectivity index (χ1n) is 9.49. The van der Waals surface area contributed by atoms with E-state index in [1.54, 1.807) is 17.9 Å². The van der Waals surface area contributed by atoms with Crippen LogP contribution in [0.1, 0.15) is 44.2 Å². The number of nitrogens with zero attached hydrogens (tertiary/aromatic N) is 3. The lowest BCUT2D eigenvalue weighted by Gasteiger charge is -2.34. The minimum atomic E-state index is -3.31. The molecule has 148 valence electrons. The van der Waals surface area contributed by atoms with Gasteiger partial charge in [0.2, 0.25) is 0 Å². The zero-order chi connectivity index (χ0) is 19.4. The lowest BCUT2D eigenvalue weighted by molar-refractivity contribution is -0.0622. The largest absolute Gasteiger partial charge is 0.489 e. The summed E-state index contributed by atoms with van der Waals surface area (Å²) in [5.41, 5.74) is 0.598. The van der Waals surface area contributed by atoms with Crippen molar-refractivity contribution in [3.8, 4) is 11.9 Å². The van der Waals surface area contributed by atoms with Crippen LogP contribution in [-0.4, -0.2) is 56.0 Å². The fraction of sp³-hybridized carbons (Fsp3) is 0.684. The number of sulfone groups is 1. The number of aryl methyl sites for hydroxylation is 1. The first-order valence-corrected chi connectivity index (χ1v) is 11.4. The van der Waals surface area contributed by atoms with Gasteiger partial charge in [-0.05, 0) is 57.6 Å². The van der Waals surface area contributed by atoms with Crippen LogP contribution in [0.15, 0.2) is 17.2 Å². The summed E-state index contributed by atoms with van der Waals surface area (Å²) in [5, 5.41) is 8.99. The summed E-state index contributed by atoms with van der Waals surface area (Å²) in [5.74, 6) is 0.649. The molecule has 7 nitrogen and oxygen atoms in total. The highest BCUT2D eigenvalue weighted by atomic mass is 32.2. The van der Waals surface area contributed by atoms with Crippen molar-refractivity contribution in [1.82, 2.24) is 9.88 Å². The van der Waals surface area contributed by atoms with Gasteiger partial charge in [0.25, 0.3) is 0 Å². The maximum Gasteiger partial charge on any atom is 0.192 e. The van der Waals surface area contributed by atoms with E-state index in [0.29, 0.717) is 11.4 Å². The number of nitriles is 1. The van der Waals surface area contributed by atoms with Crippen molar-refractivity contribution < 1.29 is 17.9 Å². The molecule has 0 aromatic carbocycles. The van der Waals surface area contributed by atoms with E-state index in [1.807, 2.05) is 0 Å². The maximum absolute atomic E-state index is 11.6. The van der Waals surface area contributed by atoms with Gasteiger partial charge in [-0.25, -0.2) is 13.4 Å². The average molecular weight is 394 g/mol. The first-order chi connectivity index (χ1) is 12.8. The second-order valence-electron chi connectivity index (χ2n) is 7.44.